The molecule has 1 aliphatic heterocycles. The van der Waals surface area contributed by atoms with Crippen LogP contribution >= 0.6 is 0 Å². The number of hydrogen-bond donors (Lipinski definition) is 2. The lowest BCUT2D eigenvalue weighted by atomic mass is 9.76. The van der Waals surface area contributed by atoms with Crippen LogP contribution in [0, 0.1) is 23.7 Å². The largest absolute Gasteiger partial charge is 0.462 e. The van der Waals surface area contributed by atoms with Crippen LogP contribution in [0.3, 0.4) is 0 Å². The molecule has 2 aliphatic carbocycles. The summed E-state index contributed by atoms with van der Waals surface area (Å²) in [7, 11) is 1.25. The van der Waals surface area contributed by atoms with Gasteiger partial charge in [0.05, 0.1) is 13.2 Å². The first-order chi connectivity index (χ1) is 22.0. The van der Waals surface area contributed by atoms with E-state index >= 15 is 0 Å². The van der Waals surface area contributed by atoms with E-state index in [0.717, 1.165) is 32.1 Å². The van der Waals surface area contributed by atoms with E-state index in [4.69, 9.17) is 13.9 Å². The molecule has 3 fully saturated rings. The summed E-state index contributed by atoms with van der Waals surface area (Å²) in [6, 6.07) is 3.72. The lowest BCUT2D eigenvalue weighted by Gasteiger charge is -2.37. The highest BCUT2D eigenvalue weighted by atomic mass is 19.1. The molecule has 46 heavy (non-hydrogen) atoms. The number of alkyl halides is 1. The van der Waals surface area contributed by atoms with Crippen LogP contribution in [0.15, 0.2) is 22.6 Å². The van der Waals surface area contributed by atoms with Crippen molar-refractivity contribution in [2.45, 2.75) is 103 Å². The quantitative estimate of drug-likeness (QED) is 0.333. The fourth-order valence-electron chi connectivity index (χ4n) is 7.59. The van der Waals surface area contributed by atoms with E-state index in [2.05, 4.69) is 15.6 Å². The Labute approximate surface area is 269 Å². The van der Waals surface area contributed by atoms with Gasteiger partial charge in [-0.25, -0.2) is 19.0 Å². The van der Waals surface area contributed by atoms with Crippen molar-refractivity contribution in [1.29, 1.82) is 0 Å². The summed E-state index contributed by atoms with van der Waals surface area (Å²) in [5.41, 5.74) is 0.607. The maximum Gasteiger partial charge on any atom is 0.407 e. The fourth-order valence-corrected chi connectivity index (χ4v) is 7.59. The van der Waals surface area contributed by atoms with E-state index in [1.807, 2.05) is 0 Å². The predicted octanol–water partition coefficient (Wildman–Crippen LogP) is 6.02. The number of likely N-dealkylation sites (tertiary alicyclic amines) is 1. The Balaban J connectivity index is 1.27. The van der Waals surface area contributed by atoms with Crippen LogP contribution in [0.1, 0.15) is 95.7 Å². The molecule has 3 aliphatic rings. The van der Waals surface area contributed by atoms with E-state index in [1.54, 1.807) is 43.9 Å². The van der Waals surface area contributed by atoms with Crippen molar-refractivity contribution in [3.05, 3.63) is 24.1 Å². The third-order valence-electron chi connectivity index (χ3n) is 9.83. The molecule has 0 spiro atoms. The molecule has 2 aromatic rings. The molecule has 3 atom stereocenters. The number of alkyl carbamates (subject to hydrolysis) is 1. The van der Waals surface area contributed by atoms with Gasteiger partial charge in [-0.05, 0) is 82.8 Å². The van der Waals surface area contributed by atoms with E-state index < -0.39 is 36.4 Å². The number of fused-ring (bicyclic) bond motifs is 1. The maximum atomic E-state index is 14.1. The van der Waals surface area contributed by atoms with Crippen molar-refractivity contribution in [2.75, 3.05) is 25.6 Å². The number of nitrogens with one attached hydrogen (secondary N) is 2. The highest BCUT2D eigenvalue weighted by molar-refractivity contribution is 5.99. The van der Waals surface area contributed by atoms with Gasteiger partial charge >= 0.3 is 18.0 Å². The van der Waals surface area contributed by atoms with E-state index in [9.17, 15) is 23.6 Å². The molecule has 2 N–H and O–H groups in total. The molecule has 12 heteroatoms. The second-order valence-corrected chi connectivity index (χ2v) is 14.0. The molecule has 1 saturated heterocycles. The molecule has 11 nitrogen and oxygen atoms in total. The van der Waals surface area contributed by atoms with Crippen LogP contribution in [0.4, 0.5) is 14.9 Å². The smallest absolute Gasteiger partial charge is 0.407 e. The number of hydrogen-bond acceptors (Lipinski definition) is 8. The van der Waals surface area contributed by atoms with Crippen molar-refractivity contribution < 1.29 is 37.5 Å². The normalized spacial score (nSPS) is 24.8. The summed E-state index contributed by atoms with van der Waals surface area (Å²) in [4.78, 5) is 58.2. The first kappa shape index (κ1) is 33.7. The van der Waals surface area contributed by atoms with E-state index in [-0.39, 0.29) is 35.5 Å². The summed E-state index contributed by atoms with van der Waals surface area (Å²) in [6.45, 7) is 5.10. The van der Waals surface area contributed by atoms with Gasteiger partial charge < -0.3 is 29.4 Å². The van der Waals surface area contributed by atoms with Crippen molar-refractivity contribution in [1.82, 2.24) is 15.2 Å². The Kier molecular flexibility index (Phi) is 10.5. The average molecular weight is 643 g/mol. The number of ether oxygens (including phenoxy) is 2. The Morgan fingerprint density at radius 2 is 1.76 bits per heavy atom. The molecule has 0 unspecified atom stereocenters. The van der Waals surface area contributed by atoms with Gasteiger partial charge in [0, 0.05) is 24.2 Å². The number of carbonyl (C=O) groups excluding carboxylic acids is 4. The number of anilines is 1. The lowest BCUT2D eigenvalue weighted by molar-refractivity contribution is -0.142. The molecule has 0 radical (unpaired) electrons. The lowest BCUT2D eigenvalue weighted by Crippen LogP contribution is -2.50. The number of methoxy groups -OCH3 is 1. The van der Waals surface area contributed by atoms with Gasteiger partial charge in [-0.3, -0.25) is 9.59 Å². The number of amides is 3. The zero-order chi connectivity index (χ0) is 33.0. The summed E-state index contributed by atoms with van der Waals surface area (Å²) < 4.78 is 29.6. The summed E-state index contributed by atoms with van der Waals surface area (Å²) in [5, 5.41) is 5.70. The van der Waals surface area contributed by atoms with Gasteiger partial charge in [0.1, 0.15) is 23.8 Å². The topological polar surface area (TPSA) is 140 Å². The van der Waals surface area contributed by atoms with Crippen molar-refractivity contribution in [3.63, 3.8) is 0 Å². The first-order valence-electron chi connectivity index (χ1n) is 16.6. The number of esters is 1. The summed E-state index contributed by atoms with van der Waals surface area (Å²) >= 11 is 0. The van der Waals surface area contributed by atoms with Gasteiger partial charge in [-0.2, -0.15) is 0 Å². The van der Waals surface area contributed by atoms with Crippen LogP contribution in [0.2, 0.25) is 0 Å². The van der Waals surface area contributed by atoms with Crippen LogP contribution in [-0.2, 0) is 19.1 Å². The highest BCUT2D eigenvalue weighted by Gasteiger charge is 2.47. The SMILES string of the molecule is COC(=O)c1nc2ccc(NC(=O)[C@H]3[C@H](C4CCCCC4)CCN3C(=O)C3CCC([C@@H](CF)NC(=O)OC(C)(C)C)CC3)cc2o1. The second kappa shape index (κ2) is 14.4. The van der Waals surface area contributed by atoms with Crippen LogP contribution in [-0.4, -0.2) is 71.8 Å². The number of halogens is 1. The molecular formula is C34H47FN4O7. The molecule has 252 valence electrons. The third kappa shape index (κ3) is 7.81. The van der Waals surface area contributed by atoms with Crippen molar-refractivity contribution in [2.24, 2.45) is 23.7 Å². The minimum atomic E-state index is -0.705. The number of benzene rings is 1. The average Bonchev–Trinajstić information content (AvgIpc) is 3.67. The molecule has 0 bridgehead atoms. The minimum Gasteiger partial charge on any atom is -0.462 e. The number of aromatic nitrogens is 1. The minimum absolute atomic E-state index is 0.0257. The van der Waals surface area contributed by atoms with Crippen LogP contribution < -0.4 is 10.6 Å². The van der Waals surface area contributed by atoms with Gasteiger partial charge in [0.2, 0.25) is 11.8 Å². The van der Waals surface area contributed by atoms with Gasteiger partial charge in [0.25, 0.3) is 0 Å². The van der Waals surface area contributed by atoms with Gasteiger partial charge in [-0.15, -0.1) is 0 Å². The molecule has 1 aromatic carbocycles. The number of oxazole rings is 1. The molecule has 2 saturated carbocycles. The Bertz CT molecular complexity index is 1410. The maximum absolute atomic E-state index is 14.1. The Morgan fingerprint density at radius 3 is 2.41 bits per heavy atom. The fraction of sp³-hybridized carbons (Fsp3) is 0.676. The molecule has 1 aromatic heterocycles. The number of nitrogens with zero attached hydrogens (tertiary/aromatic N) is 2. The Morgan fingerprint density at radius 1 is 1.04 bits per heavy atom. The predicted molar refractivity (Wildman–Crippen MR) is 169 cm³/mol. The summed E-state index contributed by atoms with van der Waals surface area (Å²) in [6.07, 6.45) is 8.03. The number of carbonyl (C=O) groups is 4. The number of rotatable bonds is 8. The molecular weight excluding hydrogens is 595 g/mol. The van der Waals surface area contributed by atoms with E-state index in [1.165, 1.54) is 13.5 Å². The standard InChI is InChI=1S/C34H47FN4O7/c1-34(2,3)46-33(43)38-26(19-35)21-10-12-22(13-11-21)31(41)39-17-16-24(20-8-6-5-7-9-20)28(39)29(40)36-23-14-15-25-27(18-23)45-30(37-25)32(42)44-4/h14-15,18,20-22,24,26,28H,5-13,16-17,19H2,1-4H3,(H,36,40)(H,38,43)/t21?,22?,24-,26+,28+/m0/s1. The monoisotopic (exact) mass is 642 g/mol. The van der Waals surface area contributed by atoms with Crippen LogP contribution in [0.5, 0.6) is 0 Å². The molecule has 3 amide bonds. The van der Waals surface area contributed by atoms with Crippen molar-refractivity contribution >= 4 is 40.7 Å². The zero-order valence-corrected chi connectivity index (χ0v) is 27.3. The zero-order valence-electron chi connectivity index (χ0n) is 27.3. The summed E-state index contributed by atoms with van der Waals surface area (Å²) in [5.74, 6) is -1.04. The van der Waals surface area contributed by atoms with Gasteiger partial charge in [0.15, 0.2) is 5.58 Å². The first-order valence-corrected chi connectivity index (χ1v) is 16.6. The second-order valence-electron chi connectivity index (χ2n) is 14.0. The Hall–Kier alpha value is -3.70. The molecule has 2 heterocycles. The van der Waals surface area contributed by atoms with Crippen molar-refractivity contribution in [3.8, 4) is 0 Å². The molecule has 5 rings (SSSR count). The van der Waals surface area contributed by atoms with Crippen LogP contribution in [0.25, 0.3) is 11.1 Å². The third-order valence-corrected chi connectivity index (χ3v) is 9.83. The van der Waals surface area contributed by atoms with Gasteiger partial charge in [-0.1, -0.05) is 32.1 Å². The van der Waals surface area contributed by atoms with E-state index in [0.29, 0.717) is 54.9 Å². The highest BCUT2D eigenvalue weighted by Crippen LogP contribution is 2.41.